The Morgan fingerprint density at radius 2 is 1.81 bits per heavy atom. The molecule has 0 bridgehead atoms. The van der Waals surface area contributed by atoms with Crippen molar-refractivity contribution < 1.29 is 19.1 Å². The fourth-order valence-electron chi connectivity index (χ4n) is 2.72. The van der Waals surface area contributed by atoms with E-state index in [9.17, 15) is 9.59 Å². The Hall–Kier alpha value is -2.08. The van der Waals surface area contributed by atoms with Crippen molar-refractivity contribution in [3.8, 4) is 0 Å². The molecule has 2 atom stereocenters. The minimum absolute atomic E-state index is 0.0156. The number of carbonyl (C=O) groups is 2. The maximum atomic E-state index is 12.4. The van der Waals surface area contributed by atoms with Crippen LogP contribution >= 0.6 is 0 Å². The van der Waals surface area contributed by atoms with Crippen LogP contribution in [0.3, 0.4) is 0 Å². The number of esters is 1. The van der Waals surface area contributed by atoms with E-state index in [0.29, 0.717) is 19.5 Å². The Morgan fingerprint density at radius 3 is 2.35 bits per heavy atom. The van der Waals surface area contributed by atoms with Crippen molar-refractivity contribution in [2.75, 3.05) is 13.7 Å². The second-order valence-electron chi connectivity index (χ2n) is 6.97. The van der Waals surface area contributed by atoms with Gasteiger partial charge in [-0.1, -0.05) is 44.2 Å². The molecular formula is C20H32N2O4. The zero-order valence-corrected chi connectivity index (χ0v) is 16.7. The third kappa shape index (κ3) is 6.67. The lowest BCUT2D eigenvalue weighted by molar-refractivity contribution is -0.145. The molecule has 1 N–H and O–H groups in total. The highest BCUT2D eigenvalue weighted by atomic mass is 16.6. The molecule has 0 aliphatic carbocycles. The average Bonchev–Trinajstić information content (AvgIpc) is 3.05. The molecule has 0 saturated carbocycles. The number of nitrogens with zero attached hydrogens (tertiary/aromatic N) is 1. The van der Waals surface area contributed by atoms with Crippen LogP contribution in [0.1, 0.15) is 46.6 Å². The first-order chi connectivity index (χ1) is 12.3. The highest BCUT2D eigenvalue weighted by Gasteiger charge is 2.41. The summed E-state index contributed by atoms with van der Waals surface area (Å²) in [6.07, 6.45) is 0.0283. The van der Waals surface area contributed by atoms with Crippen LogP contribution in [0.5, 0.6) is 0 Å². The summed E-state index contributed by atoms with van der Waals surface area (Å²) < 4.78 is 10.2. The number of hydrogen-bond acceptors (Lipinski definition) is 5. The normalized spacial score (nSPS) is 19.4. The fourth-order valence-corrected chi connectivity index (χ4v) is 2.72. The molecule has 26 heavy (non-hydrogen) atoms. The number of methoxy groups -OCH3 is 1. The van der Waals surface area contributed by atoms with Crippen LogP contribution in [0, 0.1) is 0 Å². The van der Waals surface area contributed by atoms with E-state index in [0.717, 1.165) is 5.56 Å². The molecule has 0 unspecified atom stereocenters. The van der Waals surface area contributed by atoms with E-state index in [2.05, 4.69) is 5.32 Å². The largest absolute Gasteiger partial charge is 0.467 e. The second-order valence-corrected chi connectivity index (χ2v) is 6.97. The maximum Gasteiger partial charge on any atom is 0.411 e. The summed E-state index contributed by atoms with van der Waals surface area (Å²) in [6, 6.07) is 9.40. The molecular weight excluding hydrogens is 332 g/mol. The van der Waals surface area contributed by atoms with E-state index in [1.54, 1.807) is 20.8 Å². The lowest BCUT2D eigenvalue weighted by Gasteiger charge is -2.27. The second kappa shape index (κ2) is 10.2. The summed E-state index contributed by atoms with van der Waals surface area (Å²) in [7, 11) is 1.33. The minimum atomic E-state index is -0.613. The molecule has 1 aromatic carbocycles. The van der Waals surface area contributed by atoms with Crippen LogP contribution in [-0.4, -0.2) is 48.3 Å². The van der Waals surface area contributed by atoms with Gasteiger partial charge in [0.2, 0.25) is 0 Å². The van der Waals surface area contributed by atoms with Crippen LogP contribution in [0.2, 0.25) is 0 Å². The van der Waals surface area contributed by atoms with E-state index < -0.39 is 23.7 Å². The molecule has 0 spiro atoms. The van der Waals surface area contributed by atoms with Gasteiger partial charge in [0.1, 0.15) is 11.6 Å². The minimum Gasteiger partial charge on any atom is -0.467 e. The van der Waals surface area contributed by atoms with Crippen molar-refractivity contribution in [3.63, 3.8) is 0 Å². The van der Waals surface area contributed by atoms with E-state index in [1.165, 1.54) is 12.0 Å². The molecule has 1 amide bonds. The fraction of sp³-hybridized carbons (Fsp3) is 0.600. The zero-order valence-electron chi connectivity index (χ0n) is 16.7. The van der Waals surface area contributed by atoms with Gasteiger partial charge in [-0.15, -0.1) is 0 Å². The molecule has 0 radical (unpaired) electrons. The zero-order chi connectivity index (χ0) is 19.7. The van der Waals surface area contributed by atoms with Gasteiger partial charge in [0.25, 0.3) is 0 Å². The lowest BCUT2D eigenvalue weighted by Crippen LogP contribution is -2.44. The molecule has 0 aromatic heterocycles. The smallest absolute Gasteiger partial charge is 0.411 e. The SMILES string of the molecule is CC.COC(=O)[C@@H]1C[C@H](NCc2ccccc2)CN1C(=O)OC(C)(C)C. The van der Waals surface area contributed by atoms with Gasteiger partial charge in [0, 0.05) is 19.1 Å². The Bertz CT molecular complexity index is 569. The van der Waals surface area contributed by atoms with Gasteiger partial charge in [-0.25, -0.2) is 9.59 Å². The number of rotatable bonds is 4. The molecule has 1 aromatic rings. The molecule has 1 aliphatic rings. The number of likely N-dealkylation sites (tertiary alicyclic amines) is 1. The predicted molar refractivity (Wildman–Crippen MR) is 102 cm³/mol. The summed E-state index contributed by atoms with van der Waals surface area (Å²) in [6.45, 7) is 10.5. The molecule has 146 valence electrons. The van der Waals surface area contributed by atoms with Crippen molar-refractivity contribution in [2.45, 2.75) is 65.3 Å². The highest BCUT2D eigenvalue weighted by molar-refractivity contribution is 5.82. The van der Waals surface area contributed by atoms with Crippen molar-refractivity contribution in [2.24, 2.45) is 0 Å². The monoisotopic (exact) mass is 364 g/mol. The summed E-state index contributed by atoms with van der Waals surface area (Å²) in [5, 5.41) is 3.40. The number of hydrogen-bond donors (Lipinski definition) is 1. The number of benzene rings is 1. The summed E-state index contributed by atoms with van der Waals surface area (Å²) in [4.78, 5) is 25.9. The van der Waals surface area contributed by atoms with Crippen LogP contribution in [0.15, 0.2) is 30.3 Å². The van der Waals surface area contributed by atoms with E-state index in [-0.39, 0.29) is 6.04 Å². The van der Waals surface area contributed by atoms with E-state index >= 15 is 0 Å². The van der Waals surface area contributed by atoms with Crippen LogP contribution < -0.4 is 5.32 Å². The van der Waals surface area contributed by atoms with Gasteiger partial charge in [0.15, 0.2) is 0 Å². The number of amides is 1. The third-order valence-electron chi connectivity index (χ3n) is 3.84. The molecule has 1 fully saturated rings. The Balaban J connectivity index is 0.00000163. The van der Waals surface area contributed by atoms with Gasteiger partial charge in [-0.2, -0.15) is 0 Å². The molecule has 1 saturated heterocycles. The van der Waals surface area contributed by atoms with E-state index in [1.807, 2.05) is 44.2 Å². The van der Waals surface area contributed by atoms with E-state index in [4.69, 9.17) is 9.47 Å². The molecule has 1 heterocycles. The quantitative estimate of drug-likeness (QED) is 0.830. The molecule has 6 heteroatoms. The van der Waals surface area contributed by atoms with Gasteiger partial charge in [0.05, 0.1) is 7.11 Å². The van der Waals surface area contributed by atoms with Crippen LogP contribution in [0.4, 0.5) is 4.79 Å². The summed E-state index contributed by atoms with van der Waals surface area (Å²) >= 11 is 0. The van der Waals surface area contributed by atoms with Gasteiger partial charge in [-0.3, -0.25) is 4.90 Å². The highest BCUT2D eigenvalue weighted by Crippen LogP contribution is 2.22. The average molecular weight is 364 g/mol. The predicted octanol–water partition coefficient (Wildman–Crippen LogP) is 3.35. The summed E-state index contributed by atoms with van der Waals surface area (Å²) in [5.74, 6) is -0.412. The molecule has 2 rings (SSSR count). The maximum absolute atomic E-state index is 12.4. The summed E-state index contributed by atoms with van der Waals surface area (Å²) in [5.41, 5.74) is 0.552. The first-order valence-electron chi connectivity index (χ1n) is 9.15. The van der Waals surface area contributed by atoms with Crippen molar-refractivity contribution in [3.05, 3.63) is 35.9 Å². The Kier molecular flexibility index (Phi) is 8.58. The lowest BCUT2D eigenvalue weighted by atomic mass is 10.1. The van der Waals surface area contributed by atoms with Crippen LogP contribution in [0.25, 0.3) is 0 Å². The van der Waals surface area contributed by atoms with Crippen molar-refractivity contribution in [1.29, 1.82) is 0 Å². The molecule has 1 aliphatic heterocycles. The van der Waals surface area contributed by atoms with Crippen molar-refractivity contribution >= 4 is 12.1 Å². The number of carbonyl (C=O) groups excluding carboxylic acids is 2. The first kappa shape index (κ1) is 22.0. The Morgan fingerprint density at radius 1 is 1.19 bits per heavy atom. The third-order valence-corrected chi connectivity index (χ3v) is 3.84. The standard InChI is InChI=1S/C18H26N2O4.C2H6/c1-18(2,3)24-17(22)20-12-14(10-15(20)16(21)23-4)19-11-13-8-6-5-7-9-13;1-2/h5-9,14-15,19H,10-12H2,1-4H3;1-2H3/t14-,15-;/m0./s1. The van der Waals surface area contributed by atoms with Gasteiger partial charge in [-0.05, 0) is 32.8 Å². The van der Waals surface area contributed by atoms with Gasteiger partial charge < -0.3 is 14.8 Å². The number of nitrogens with one attached hydrogen (secondary N) is 1. The first-order valence-corrected chi connectivity index (χ1v) is 9.15. The van der Waals surface area contributed by atoms with Crippen molar-refractivity contribution in [1.82, 2.24) is 10.2 Å². The molecule has 6 nitrogen and oxygen atoms in total. The number of ether oxygens (including phenoxy) is 2. The van der Waals surface area contributed by atoms with Gasteiger partial charge >= 0.3 is 12.1 Å². The Labute approximate surface area is 156 Å². The topological polar surface area (TPSA) is 67.9 Å². The van der Waals surface area contributed by atoms with Crippen LogP contribution in [-0.2, 0) is 20.8 Å².